The Morgan fingerprint density at radius 3 is 1.67 bits per heavy atom. The van der Waals surface area contributed by atoms with Crippen LogP contribution >= 0.6 is 0 Å². The van der Waals surface area contributed by atoms with E-state index < -0.39 is 12.2 Å². The monoisotopic (exact) mass is 295 g/mol. The first-order valence-electron chi connectivity index (χ1n) is 6.70. The molecule has 116 valence electrons. The maximum atomic E-state index is 12.1. The lowest BCUT2D eigenvalue weighted by molar-refractivity contribution is 0.104. The lowest BCUT2D eigenvalue weighted by Crippen LogP contribution is -2.40. The van der Waals surface area contributed by atoms with Gasteiger partial charge in [-0.25, -0.2) is 9.59 Å². The summed E-state index contributed by atoms with van der Waals surface area (Å²) in [4.78, 5) is 25.1. The summed E-state index contributed by atoms with van der Waals surface area (Å²) < 4.78 is 15.2. The molecule has 0 saturated carbocycles. The third kappa shape index (κ3) is 4.98. The number of rotatable bonds is 4. The Labute approximate surface area is 124 Å². The van der Waals surface area contributed by atoms with Crippen molar-refractivity contribution in [1.82, 2.24) is 0 Å². The second kappa shape index (κ2) is 7.52. The second-order valence-corrected chi connectivity index (χ2v) is 4.90. The van der Waals surface area contributed by atoms with Gasteiger partial charge in [0.25, 0.3) is 0 Å². The maximum absolute atomic E-state index is 12.1. The van der Waals surface area contributed by atoms with E-state index in [-0.39, 0.29) is 12.2 Å². The highest BCUT2D eigenvalue weighted by Gasteiger charge is 2.28. The van der Waals surface area contributed by atoms with E-state index in [0.717, 1.165) is 4.90 Å². The van der Waals surface area contributed by atoms with E-state index in [2.05, 4.69) is 0 Å². The fourth-order valence-corrected chi connectivity index (χ4v) is 1.53. The Bertz CT molecular complexity index is 459. The Balaban J connectivity index is 3.04. The molecule has 21 heavy (non-hydrogen) atoms. The number of anilines is 1. The molecule has 6 nitrogen and oxygen atoms in total. The van der Waals surface area contributed by atoms with Crippen molar-refractivity contribution in [2.45, 2.75) is 39.9 Å². The Hall–Kier alpha value is -2.24. The zero-order valence-corrected chi connectivity index (χ0v) is 13.0. The van der Waals surface area contributed by atoms with E-state index in [0.29, 0.717) is 11.4 Å². The fraction of sp³-hybridized carbons (Fsp3) is 0.467. The highest BCUT2D eigenvalue weighted by Crippen LogP contribution is 2.21. The smallest absolute Gasteiger partial charge is 0.424 e. The van der Waals surface area contributed by atoms with Crippen molar-refractivity contribution in [2.75, 3.05) is 12.0 Å². The highest BCUT2D eigenvalue weighted by atomic mass is 16.6. The molecular formula is C15H21NO5. The molecule has 1 aromatic rings. The molecule has 0 radical (unpaired) electrons. The predicted octanol–water partition coefficient (Wildman–Crippen LogP) is 3.59. The number of methoxy groups -OCH3 is 1. The molecule has 0 atom stereocenters. The summed E-state index contributed by atoms with van der Waals surface area (Å²) in [6.45, 7) is 6.82. The van der Waals surface area contributed by atoms with Crippen LogP contribution in [0.3, 0.4) is 0 Å². The number of imide groups is 1. The number of carbonyl (C=O) groups is 2. The summed E-state index contributed by atoms with van der Waals surface area (Å²) in [6, 6.07) is 6.46. The number of hydrogen-bond donors (Lipinski definition) is 0. The minimum atomic E-state index is -0.777. The largest absolute Gasteiger partial charge is 0.497 e. The van der Waals surface area contributed by atoms with Crippen LogP contribution < -0.4 is 9.64 Å². The van der Waals surface area contributed by atoms with Gasteiger partial charge < -0.3 is 14.2 Å². The van der Waals surface area contributed by atoms with Gasteiger partial charge in [0.05, 0.1) is 25.0 Å². The molecule has 0 fully saturated rings. The molecule has 0 bridgehead atoms. The summed E-state index contributed by atoms with van der Waals surface area (Å²) in [6.07, 6.45) is -2.24. The Morgan fingerprint density at radius 1 is 0.905 bits per heavy atom. The Kier molecular flexibility index (Phi) is 6.02. The van der Waals surface area contributed by atoms with Crippen molar-refractivity contribution < 1.29 is 23.8 Å². The van der Waals surface area contributed by atoms with Gasteiger partial charge in [0.2, 0.25) is 0 Å². The molecule has 0 unspecified atom stereocenters. The van der Waals surface area contributed by atoms with Crippen LogP contribution in [0.1, 0.15) is 27.7 Å². The standard InChI is InChI=1S/C15H21NO5/c1-10(2)20-14(17)16(15(18)21-11(3)4)12-6-8-13(19-5)9-7-12/h6-11H,1-5H3. The first kappa shape index (κ1) is 16.8. The lowest BCUT2D eigenvalue weighted by atomic mass is 10.3. The van der Waals surface area contributed by atoms with Crippen LogP contribution in [0, 0.1) is 0 Å². The van der Waals surface area contributed by atoms with E-state index in [4.69, 9.17) is 14.2 Å². The second-order valence-electron chi connectivity index (χ2n) is 4.90. The Morgan fingerprint density at radius 2 is 1.33 bits per heavy atom. The van der Waals surface area contributed by atoms with Gasteiger partial charge in [-0.15, -0.1) is 0 Å². The normalized spacial score (nSPS) is 10.4. The third-order valence-corrected chi connectivity index (χ3v) is 2.37. The van der Waals surface area contributed by atoms with Crippen LogP contribution in [0.4, 0.5) is 15.3 Å². The summed E-state index contributed by atoms with van der Waals surface area (Å²) >= 11 is 0. The molecule has 2 amide bonds. The van der Waals surface area contributed by atoms with Crippen LogP contribution in [0.2, 0.25) is 0 Å². The number of carbonyl (C=O) groups excluding carboxylic acids is 2. The van der Waals surface area contributed by atoms with Crippen molar-refractivity contribution in [3.63, 3.8) is 0 Å². The van der Waals surface area contributed by atoms with Crippen LogP contribution in [0.25, 0.3) is 0 Å². The highest BCUT2D eigenvalue weighted by molar-refractivity contribution is 6.09. The maximum Gasteiger partial charge on any atom is 0.424 e. The molecule has 0 heterocycles. The van der Waals surface area contributed by atoms with E-state index in [9.17, 15) is 9.59 Å². The lowest BCUT2D eigenvalue weighted by Gasteiger charge is -2.22. The molecule has 0 aromatic heterocycles. The van der Waals surface area contributed by atoms with Crippen LogP contribution in [-0.2, 0) is 9.47 Å². The zero-order valence-electron chi connectivity index (χ0n) is 13.0. The van der Waals surface area contributed by atoms with Crippen molar-refractivity contribution in [1.29, 1.82) is 0 Å². The van der Waals surface area contributed by atoms with Crippen molar-refractivity contribution in [2.24, 2.45) is 0 Å². The van der Waals surface area contributed by atoms with Crippen molar-refractivity contribution in [3.8, 4) is 5.75 Å². The first-order chi connectivity index (χ1) is 9.85. The number of ether oxygens (including phenoxy) is 3. The molecule has 1 rings (SSSR count). The van der Waals surface area contributed by atoms with E-state index in [1.165, 1.54) is 7.11 Å². The zero-order chi connectivity index (χ0) is 16.0. The average Bonchev–Trinajstić information content (AvgIpc) is 2.38. The molecule has 0 N–H and O–H groups in total. The third-order valence-electron chi connectivity index (χ3n) is 2.37. The van der Waals surface area contributed by atoms with Crippen LogP contribution in [-0.4, -0.2) is 31.5 Å². The molecular weight excluding hydrogens is 274 g/mol. The SMILES string of the molecule is COc1ccc(N(C(=O)OC(C)C)C(=O)OC(C)C)cc1. The summed E-state index contributed by atoms with van der Waals surface area (Å²) in [5.74, 6) is 0.619. The quantitative estimate of drug-likeness (QED) is 0.849. The van der Waals surface area contributed by atoms with E-state index in [1.54, 1.807) is 52.0 Å². The molecule has 0 aliphatic rings. The minimum Gasteiger partial charge on any atom is -0.497 e. The average molecular weight is 295 g/mol. The number of nitrogens with zero attached hydrogens (tertiary/aromatic N) is 1. The molecule has 6 heteroatoms. The predicted molar refractivity (Wildman–Crippen MR) is 78.7 cm³/mol. The molecule has 0 aliphatic carbocycles. The van der Waals surface area contributed by atoms with E-state index >= 15 is 0 Å². The first-order valence-corrected chi connectivity index (χ1v) is 6.70. The minimum absolute atomic E-state index is 0.343. The van der Waals surface area contributed by atoms with Crippen molar-refractivity contribution in [3.05, 3.63) is 24.3 Å². The van der Waals surface area contributed by atoms with Gasteiger partial charge in [0.15, 0.2) is 0 Å². The number of benzene rings is 1. The molecule has 1 aromatic carbocycles. The molecule has 0 aliphatic heterocycles. The molecule has 0 saturated heterocycles. The van der Waals surface area contributed by atoms with Gasteiger partial charge in [0.1, 0.15) is 5.75 Å². The summed E-state index contributed by atoms with van der Waals surface area (Å²) in [5.41, 5.74) is 0.354. The summed E-state index contributed by atoms with van der Waals surface area (Å²) in [5, 5.41) is 0. The van der Waals surface area contributed by atoms with E-state index in [1.807, 2.05) is 0 Å². The van der Waals surface area contributed by atoms with Gasteiger partial charge in [0, 0.05) is 0 Å². The topological polar surface area (TPSA) is 65.1 Å². The van der Waals surface area contributed by atoms with Crippen molar-refractivity contribution >= 4 is 17.9 Å². The number of amides is 2. The van der Waals surface area contributed by atoms with Gasteiger partial charge in [-0.05, 0) is 52.0 Å². The fourth-order valence-electron chi connectivity index (χ4n) is 1.53. The van der Waals surface area contributed by atoms with Crippen LogP contribution in [0.15, 0.2) is 24.3 Å². The summed E-state index contributed by atoms with van der Waals surface area (Å²) in [7, 11) is 1.53. The number of hydrogen-bond acceptors (Lipinski definition) is 5. The van der Waals surface area contributed by atoms with Gasteiger partial charge in [-0.2, -0.15) is 4.90 Å². The van der Waals surface area contributed by atoms with Gasteiger partial charge in [-0.3, -0.25) is 0 Å². The van der Waals surface area contributed by atoms with Gasteiger partial charge in [-0.1, -0.05) is 0 Å². The van der Waals surface area contributed by atoms with Gasteiger partial charge >= 0.3 is 12.2 Å². The van der Waals surface area contributed by atoms with Crippen LogP contribution in [0.5, 0.6) is 5.75 Å². The molecule has 0 spiro atoms.